The molecule has 0 spiro atoms. The fourth-order valence-corrected chi connectivity index (χ4v) is 5.12. The van der Waals surface area contributed by atoms with E-state index in [9.17, 15) is 8.42 Å². The second kappa shape index (κ2) is 5.13. The molecule has 2 aromatic rings. The van der Waals surface area contributed by atoms with Gasteiger partial charge in [-0.1, -0.05) is 12.1 Å². The number of halogens is 1. The van der Waals surface area contributed by atoms with Crippen LogP contribution in [0.15, 0.2) is 28.6 Å². The molecule has 1 unspecified atom stereocenters. The Kier molecular flexibility index (Phi) is 3.91. The van der Waals surface area contributed by atoms with Crippen molar-refractivity contribution in [3.05, 3.63) is 24.3 Å². The fraction of sp³-hybridized carbons (Fsp3) is 0.364. The summed E-state index contributed by atoms with van der Waals surface area (Å²) in [7, 11) is -3.26. The summed E-state index contributed by atoms with van der Waals surface area (Å²) in [5.74, 6) is 0. The standard InChI is InChI=1S/C11H12N2O2S2.ClH/c14-17(15,8-5-6-12-7-8)11-13-9-3-1-2-4-10(9)16-11;/h1-4,8,12H,5-7H2;1H. The number of hydrogen-bond donors (Lipinski definition) is 1. The zero-order chi connectivity index (χ0) is 11.9. The predicted octanol–water partition coefficient (Wildman–Crippen LogP) is 1.85. The molecule has 1 saturated heterocycles. The number of aromatic nitrogens is 1. The van der Waals surface area contributed by atoms with Crippen molar-refractivity contribution in [3.63, 3.8) is 0 Å². The number of rotatable bonds is 2. The van der Waals surface area contributed by atoms with Crippen molar-refractivity contribution in [1.82, 2.24) is 10.3 Å². The molecule has 0 aliphatic carbocycles. The van der Waals surface area contributed by atoms with Crippen LogP contribution in [-0.2, 0) is 9.84 Å². The first-order chi connectivity index (χ1) is 8.18. The van der Waals surface area contributed by atoms with Gasteiger partial charge in [0, 0.05) is 6.54 Å². The van der Waals surface area contributed by atoms with E-state index >= 15 is 0 Å². The molecule has 0 bridgehead atoms. The second-order valence-corrected chi connectivity index (χ2v) is 7.54. The second-order valence-electron chi connectivity index (χ2n) is 4.11. The SMILES string of the molecule is Cl.O=S(=O)(c1nc2ccccc2s1)C1CCNC1. The number of fused-ring (bicyclic) bond motifs is 1. The van der Waals surface area contributed by atoms with Gasteiger partial charge in [0.2, 0.25) is 14.2 Å². The minimum Gasteiger partial charge on any atom is -0.315 e. The molecule has 1 N–H and O–H groups in total. The van der Waals surface area contributed by atoms with Gasteiger partial charge in [0.25, 0.3) is 0 Å². The molecule has 1 aromatic carbocycles. The van der Waals surface area contributed by atoms with Crippen LogP contribution in [0.3, 0.4) is 0 Å². The highest BCUT2D eigenvalue weighted by molar-refractivity contribution is 7.94. The van der Waals surface area contributed by atoms with Crippen molar-refractivity contribution in [3.8, 4) is 0 Å². The number of nitrogens with one attached hydrogen (secondary N) is 1. The Morgan fingerprint density at radius 1 is 1.33 bits per heavy atom. The maximum absolute atomic E-state index is 12.3. The normalized spacial score (nSPS) is 19.9. The van der Waals surface area contributed by atoms with E-state index in [0.717, 1.165) is 16.8 Å². The maximum Gasteiger partial charge on any atom is 0.210 e. The Morgan fingerprint density at radius 2 is 2.11 bits per heavy atom. The zero-order valence-electron chi connectivity index (χ0n) is 9.50. The van der Waals surface area contributed by atoms with Crippen molar-refractivity contribution in [2.75, 3.05) is 13.1 Å². The maximum atomic E-state index is 12.3. The molecule has 18 heavy (non-hydrogen) atoms. The predicted molar refractivity (Wildman–Crippen MR) is 75.3 cm³/mol. The van der Waals surface area contributed by atoms with Gasteiger partial charge in [-0.15, -0.1) is 23.7 Å². The first-order valence-electron chi connectivity index (χ1n) is 5.48. The van der Waals surface area contributed by atoms with Crippen molar-refractivity contribution >= 4 is 43.8 Å². The molecular weight excluding hydrogens is 292 g/mol. The zero-order valence-corrected chi connectivity index (χ0v) is 11.9. The van der Waals surface area contributed by atoms with Gasteiger partial charge in [-0.05, 0) is 25.1 Å². The van der Waals surface area contributed by atoms with E-state index in [1.807, 2.05) is 24.3 Å². The molecule has 0 saturated carbocycles. The first-order valence-corrected chi connectivity index (χ1v) is 7.84. The molecule has 3 rings (SSSR count). The molecule has 2 heterocycles. The fourth-order valence-electron chi connectivity index (χ4n) is 2.01. The molecule has 1 fully saturated rings. The van der Waals surface area contributed by atoms with Crippen molar-refractivity contribution < 1.29 is 8.42 Å². The summed E-state index contributed by atoms with van der Waals surface area (Å²) in [6.07, 6.45) is 0.679. The van der Waals surface area contributed by atoms with Crippen LogP contribution in [-0.4, -0.2) is 31.7 Å². The molecular formula is C11H13ClN2O2S2. The van der Waals surface area contributed by atoms with E-state index in [-0.39, 0.29) is 22.0 Å². The van der Waals surface area contributed by atoms with Gasteiger partial charge >= 0.3 is 0 Å². The van der Waals surface area contributed by atoms with Crippen LogP contribution in [0.25, 0.3) is 10.2 Å². The third kappa shape index (κ3) is 2.25. The Labute approximate surface area is 116 Å². The van der Waals surface area contributed by atoms with Crippen molar-refractivity contribution in [2.45, 2.75) is 16.0 Å². The molecule has 0 amide bonds. The van der Waals surface area contributed by atoms with Gasteiger partial charge in [-0.3, -0.25) is 0 Å². The van der Waals surface area contributed by atoms with Gasteiger partial charge in [-0.25, -0.2) is 13.4 Å². The van der Waals surface area contributed by atoms with Crippen LogP contribution in [0.1, 0.15) is 6.42 Å². The van der Waals surface area contributed by atoms with Crippen LogP contribution in [0.4, 0.5) is 0 Å². The first kappa shape index (κ1) is 13.7. The minimum absolute atomic E-state index is 0. The van der Waals surface area contributed by atoms with Gasteiger partial charge < -0.3 is 5.32 Å². The molecule has 1 aliphatic heterocycles. The third-order valence-corrected chi connectivity index (χ3v) is 6.61. The topological polar surface area (TPSA) is 59.1 Å². The monoisotopic (exact) mass is 304 g/mol. The summed E-state index contributed by atoms with van der Waals surface area (Å²) in [6.45, 7) is 1.31. The van der Waals surface area contributed by atoms with Gasteiger partial charge in [0.1, 0.15) is 0 Å². The Morgan fingerprint density at radius 3 is 2.78 bits per heavy atom. The lowest BCUT2D eigenvalue weighted by Gasteiger charge is -2.06. The van der Waals surface area contributed by atoms with Crippen LogP contribution >= 0.6 is 23.7 Å². The summed E-state index contributed by atoms with van der Waals surface area (Å²) in [5.41, 5.74) is 0.766. The van der Waals surface area contributed by atoms with Crippen LogP contribution in [0, 0.1) is 0 Å². The smallest absolute Gasteiger partial charge is 0.210 e. The van der Waals surface area contributed by atoms with Crippen LogP contribution < -0.4 is 5.32 Å². The lowest BCUT2D eigenvalue weighted by molar-refractivity contribution is 0.582. The van der Waals surface area contributed by atoms with E-state index in [2.05, 4.69) is 10.3 Å². The van der Waals surface area contributed by atoms with Gasteiger partial charge in [-0.2, -0.15) is 0 Å². The molecule has 0 radical (unpaired) electrons. The summed E-state index contributed by atoms with van der Waals surface area (Å²) in [4.78, 5) is 4.23. The van der Waals surface area contributed by atoms with Crippen molar-refractivity contribution in [2.24, 2.45) is 0 Å². The average molecular weight is 305 g/mol. The van der Waals surface area contributed by atoms with E-state index in [0.29, 0.717) is 13.0 Å². The number of nitrogens with zero attached hydrogens (tertiary/aromatic N) is 1. The minimum atomic E-state index is -3.26. The highest BCUT2D eigenvalue weighted by Gasteiger charge is 2.32. The van der Waals surface area contributed by atoms with Crippen LogP contribution in [0.2, 0.25) is 0 Å². The summed E-state index contributed by atoms with van der Waals surface area (Å²) in [5, 5.41) is 2.76. The van der Waals surface area contributed by atoms with E-state index in [4.69, 9.17) is 0 Å². The number of benzene rings is 1. The summed E-state index contributed by atoms with van der Waals surface area (Å²) >= 11 is 1.26. The summed E-state index contributed by atoms with van der Waals surface area (Å²) < 4.78 is 25.8. The lowest BCUT2D eigenvalue weighted by atomic mass is 10.3. The number of sulfone groups is 1. The Balaban J connectivity index is 0.00000120. The van der Waals surface area contributed by atoms with Crippen molar-refractivity contribution in [1.29, 1.82) is 0 Å². The van der Waals surface area contributed by atoms with E-state index in [1.54, 1.807) is 0 Å². The molecule has 4 nitrogen and oxygen atoms in total. The highest BCUT2D eigenvalue weighted by atomic mass is 35.5. The number of para-hydroxylation sites is 1. The third-order valence-electron chi connectivity index (χ3n) is 2.97. The Bertz CT molecular complexity index is 615. The largest absolute Gasteiger partial charge is 0.315 e. The van der Waals surface area contributed by atoms with Crippen LogP contribution in [0.5, 0.6) is 0 Å². The average Bonchev–Trinajstić information content (AvgIpc) is 2.98. The molecule has 7 heteroatoms. The van der Waals surface area contributed by atoms with E-state index in [1.165, 1.54) is 11.3 Å². The van der Waals surface area contributed by atoms with Gasteiger partial charge in [0.05, 0.1) is 15.5 Å². The molecule has 1 aromatic heterocycles. The number of hydrogen-bond acceptors (Lipinski definition) is 5. The molecule has 1 aliphatic rings. The number of thiazole rings is 1. The van der Waals surface area contributed by atoms with Gasteiger partial charge in [0.15, 0.2) is 0 Å². The molecule has 98 valence electrons. The highest BCUT2D eigenvalue weighted by Crippen LogP contribution is 2.29. The summed E-state index contributed by atoms with van der Waals surface area (Å²) in [6, 6.07) is 7.51. The Hall–Kier alpha value is -0.690. The lowest BCUT2D eigenvalue weighted by Crippen LogP contribution is -2.23. The van der Waals surface area contributed by atoms with E-state index < -0.39 is 9.84 Å². The molecule has 1 atom stereocenters. The quantitative estimate of drug-likeness (QED) is 0.920.